The van der Waals surface area contributed by atoms with Gasteiger partial charge in [-0.05, 0) is 43.5 Å². The molecule has 0 radical (unpaired) electrons. The minimum absolute atomic E-state index is 0.259. The minimum Gasteiger partial charge on any atom is -0.379 e. The highest BCUT2D eigenvalue weighted by Gasteiger charge is 2.36. The second-order valence-electron chi connectivity index (χ2n) is 4.36. The number of nitrogens with one attached hydrogen (secondary N) is 1. The lowest BCUT2D eigenvalue weighted by Gasteiger charge is -2.26. The Hall–Kier alpha value is -0.570. The van der Waals surface area contributed by atoms with Gasteiger partial charge in [-0.2, -0.15) is 0 Å². The fraction of sp³-hybridized carbons (Fsp3) is 0.538. The van der Waals surface area contributed by atoms with Crippen molar-refractivity contribution in [3.63, 3.8) is 0 Å². The van der Waals surface area contributed by atoms with Crippen molar-refractivity contribution in [1.29, 1.82) is 0 Å². The van der Waals surface area contributed by atoms with Crippen LogP contribution in [0.4, 0.5) is 0 Å². The number of benzene rings is 1. The summed E-state index contributed by atoms with van der Waals surface area (Å²) in [6.45, 7) is 0. The van der Waals surface area contributed by atoms with Crippen molar-refractivity contribution in [3.8, 4) is 0 Å². The average molecular weight is 240 g/mol. The van der Waals surface area contributed by atoms with E-state index >= 15 is 0 Å². The summed E-state index contributed by atoms with van der Waals surface area (Å²) < 4.78 is 5.62. The van der Waals surface area contributed by atoms with E-state index in [1.165, 1.54) is 18.4 Å². The van der Waals surface area contributed by atoms with E-state index in [0.717, 1.165) is 5.02 Å². The molecule has 1 N–H and O–H groups in total. The van der Waals surface area contributed by atoms with Crippen molar-refractivity contribution in [2.24, 2.45) is 5.92 Å². The van der Waals surface area contributed by atoms with Gasteiger partial charge in [-0.25, -0.2) is 0 Å². The molecule has 1 aromatic rings. The van der Waals surface area contributed by atoms with Crippen molar-refractivity contribution in [2.75, 3.05) is 14.2 Å². The Morgan fingerprint density at radius 2 is 1.94 bits per heavy atom. The molecule has 88 valence electrons. The van der Waals surface area contributed by atoms with Crippen LogP contribution in [0.2, 0.25) is 5.02 Å². The summed E-state index contributed by atoms with van der Waals surface area (Å²) in [5.41, 5.74) is 1.24. The van der Waals surface area contributed by atoms with Crippen LogP contribution in [-0.2, 0) is 4.74 Å². The predicted octanol–water partition coefficient (Wildman–Crippen LogP) is 3.03. The van der Waals surface area contributed by atoms with Crippen LogP contribution in [0.3, 0.4) is 0 Å². The maximum atomic E-state index is 5.90. The number of hydrogen-bond donors (Lipinski definition) is 1. The van der Waals surface area contributed by atoms with Gasteiger partial charge in [0.25, 0.3) is 0 Å². The smallest absolute Gasteiger partial charge is 0.0793 e. The Morgan fingerprint density at radius 3 is 2.38 bits per heavy atom. The van der Waals surface area contributed by atoms with Crippen LogP contribution in [0.25, 0.3) is 0 Å². The van der Waals surface area contributed by atoms with E-state index in [1.54, 1.807) is 7.11 Å². The summed E-state index contributed by atoms with van der Waals surface area (Å²) in [5, 5.41) is 4.12. The van der Waals surface area contributed by atoms with Crippen LogP contribution < -0.4 is 5.32 Å². The second kappa shape index (κ2) is 5.17. The maximum Gasteiger partial charge on any atom is 0.0793 e. The molecular formula is C13H18ClNO. The van der Waals surface area contributed by atoms with Gasteiger partial charge in [-0.1, -0.05) is 23.7 Å². The third-order valence-corrected chi connectivity index (χ3v) is 3.48. The van der Waals surface area contributed by atoms with Crippen LogP contribution in [-0.4, -0.2) is 20.3 Å². The standard InChI is InChI=1S/C13H18ClNO/c1-15-12(13(16-2)10-3-4-10)9-5-7-11(14)8-6-9/h5-8,10,12-13,15H,3-4H2,1-2H3. The fourth-order valence-electron chi connectivity index (χ4n) is 2.22. The van der Waals surface area contributed by atoms with Crippen LogP contribution in [0.15, 0.2) is 24.3 Å². The lowest BCUT2D eigenvalue weighted by molar-refractivity contribution is 0.0530. The van der Waals surface area contributed by atoms with Crippen molar-refractivity contribution in [2.45, 2.75) is 25.0 Å². The summed E-state index contributed by atoms with van der Waals surface area (Å²) in [5.74, 6) is 0.707. The number of hydrogen-bond acceptors (Lipinski definition) is 2. The van der Waals surface area contributed by atoms with Crippen LogP contribution >= 0.6 is 11.6 Å². The summed E-state index contributed by atoms with van der Waals surface area (Å²) in [7, 11) is 3.77. The van der Waals surface area contributed by atoms with Gasteiger partial charge in [-0.3, -0.25) is 0 Å². The Bertz CT molecular complexity index is 334. The second-order valence-corrected chi connectivity index (χ2v) is 4.79. The molecule has 0 spiro atoms. The molecular weight excluding hydrogens is 222 g/mol. The molecule has 2 unspecified atom stereocenters. The third-order valence-electron chi connectivity index (χ3n) is 3.23. The first-order valence-corrected chi connectivity index (χ1v) is 6.09. The molecule has 16 heavy (non-hydrogen) atoms. The first kappa shape index (κ1) is 11.9. The van der Waals surface area contributed by atoms with Gasteiger partial charge < -0.3 is 10.1 Å². The van der Waals surface area contributed by atoms with Gasteiger partial charge in [0.15, 0.2) is 0 Å². The van der Waals surface area contributed by atoms with Crippen LogP contribution in [0.1, 0.15) is 24.4 Å². The van der Waals surface area contributed by atoms with Crippen molar-refractivity contribution >= 4 is 11.6 Å². The Labute approximate surface area is 102 Å². The van der Waals surface area contributed by atoms with Gasteiger partial charge in [0.05, 0.1) is 12.1 Å². The topological polar surface area (TPSA) is 21.3 Å². The molecule has 1 aromatic carbocycles. The average Bonchev–Trinajstić information content (AvgIpc) is 3.11. The monoisotopic (exact) mass is 239 g/mol. The molecule has 1 aliphatic rings. The molecule has 0 aromatic heterocycles. The summed E-state index contributed by atoms with van der Waals surface area (Å²) >= 11 is 5.90. The minimum atomic E-state index is 0.259. The van der Waals surface area contributed by atoms with E-state index in [4.69, 9.17) is 16.3 Å². The zero-order valence-electron chi connectivity index (χ0n) is 9.74. The molecule has 2 rings (SSSR count). The van der Waals surface area contributed by atoms with E-state index in [1.807, 2.05) is 19.2 Å². The van der Waals surface area contributed by atoms with E-state index in [-0.39, 0.29) is 12.1 Å². The Balaban J connectivity index is 2.16. The fourth-order valence-corrected chi connectivity index (χ4v) is 2.34. The zero-order valence-corrected chi connectivity index (χ0v) is 10.5. The molecule has 1 saturated carbocycles. The van der Waals surface area contributed by atoms with Crippen molar-refractivity contribution < 1.29 is 4.74 Å². The molecule has 3 heteroatoms. The molecule has 0 bridgehead atoms. The molecule has 1 aliphatic carbocycles. The lowest BCUT2D eigenvalue weighted by Crippen LogP contribution is -2.32. The highest BCUT2D eigenvalue weighted by atomic mass is 35.5. The Morgan fingerprint density at radius 1 is 1.31 bits per heavy atom. The predicted molar refractivity (Wildman–Crippen MR) is 66.8 cm³/mol. The van der Waals surface area contributed by atoms with E-state index in [0.29, 0.717) is 5.92 Å². The highest BCUT2D eigenvalue weighted by molar-refractivity contribution is 6.30. The molecule has 0 amide bonds. The van der Waals surface area contributed by atoms with Crippen LogP contribution in [0, 0.1) is 5.92 Å². The van der Waals surface area contributed by atoms with Gasteiger partial charge >= 0.3 is 0 Å². The number of rotatable bonds is 5. The van der Waals surface area contributed by atoms with E-state index in [9.17, 15) is 0 Å². The van der Waals surface area contributed by atoms with Crippen LogP contribution in [0.5, 0.6) is 0 Å². The highest BCUT2D eigenvalue weighted by Crippen LogP contribution is 2.39. The number of methoxy groups -OCH3 is 1. The summed E-state index contributed by atoms with van der Waals surface area (Å²) in [4.78, 5) is 0. The molecule has 0 saturated heterocycles. The summed E-state index contributed by atoms with van der Waals surface area (Å²) in [6, 6.07) is 8.26. The van der Waals surface area contributed by atoms with Crippen molar-refractivity contribution in [3.05, 3.63) is 34.9 Å². The van der Waals surface area contributed by atoms with E-state index in [2.05, 4.69) is 17.4 Å². The normalized spacial score (nSPS) is 19.4. The zero-order chi connectivity index (χ0) is 11.5. The number of halogens is 1. The molecule has 2 nitrogen and oxygen atoms in total. The van der Waals surface area contributed by atoms with Gasteiger partial charge in [0.1, 0.15) is 0 Å². The molecule has 0 aliphatic heterocycles. The van der Waals surface area contributed by atoms with Crippen molar-refractivity contribution in [1.82, 2.24) is 5.32 Å². The van der Waals surface area contributed by atoms with Gasteiger partial charge in [0.2, 0.25) is 0 Å². The first-order valence-electron chi connectivity index (χ1n) is 5.71. The molecule has 1 fully saturated rings. The SMILES string of the molecule is CNC(c1ccc(Cl)cc1)C(OC)C1CC1. The largest absolute Gasteiger partial charge is 0.379 e. The quantitative estimate of drug-likeness (QED) is 0.853. The summed E-state index contributed by atoms with van der Waals surface area (Å²) in [6.07, 6.45) is 2.83. The number of likely N-dealkylation sites (N-methyl/N-ethyl adjacent to an activating group) is 1. The maximum absolute atomic E-state index is 5.90. The lowest BCUT2D eigenvalue weighted by atomic mass is 9.98. The Kier molecular flexibility index (Phi) is 3.85. The van der Waals surface area contributed by atoms with Gasteiger partial charge in [-0.15, -0.1) is 0 Å². The third kappa shape index (κ3) is 2.57. The molecule has 0 heterocycles. The molecule has 2 atom stereocenters. The first-order chi connectivity index (χ1) is 7.76. The number of ether oxygens (including phenoxy) is 1. The van der Waals surface area contributed by atoms with E-state index < -0.39 is 0 Å². The van der Waals surface area contributed by atoms with Gasteiger partial charge in [0, 0.05) is 12.1 Å².